The summed E-state index contributed by atoms with van der Waals surface area (Å²) >= 11 is 0. The first-order valence-corrected chi connectivity index (χ1v) is 18.4. The van der Waals surface area contributed by atoms with Crippen LogP contribution in [0.5, 0.6) is 0 Å². The Hall–Kier alpha value is -4.12. The number of ketones is 1. The molecule has 1 aliphatic heterocycles. The summed E-state index contributed by atoms with van der Waals surface area (Å²) in [6.45, 7) is 11.2. The van der Waals surface area contributed by atoms with E-state index >= 15 is 0 Å². The van der Waals surface area contributed by atoms with Crippen LogP contribution >= 0.6 is 0 Å². The van der Waals surface area contributed by atoms with Crippen LogP contribution in [0, 0.1) is 22.2 Å². The third-order valence-corrected chi connectivity index (χ3v) is 12.2. The zero-order chi connectivity index (χ0) is 40.5. The van der Waals surface area contributed by atoms with Crippen LogP contribution in [0.2, 0.25) is 0 Å². The monoisotopic (exact) mass is 769 g/mol. The largest absolute Gasteiger partial charge is 0.467 e. The van der Waals surface area contributed by atoms with Crippen molar-refractivity contribution in [3.8, 4) is 0 Å². The molecule has 6 rings (SSSR count). The van der Waals surface area contributed by atoms with E-state index in [1.807, 2.05) is 20.8 Å². The van der Waals surface area contributed by atoms with E-state index in [-0.39, 0.29) is 47.5 Å². The number of esters is 2. The normalized spacial score (nSPS) is 35.1. The minimum atomic E-state index is -2.32. The molecule has 2 saturated carbocycles. The van der Waals surface area contributed by atoms with Gasteiger partial charge in [-0.1, -0.05) is 52.8 Å². The Labute approximate surface area is 318 Å². The van der Waals surface area contributed by atoms with E-state index in [0.29, 0.717) is 0 Å². The van der Waals surface area contributed by atoms with Crippen molar-refractivity contribution in [2.75, 3.05) is 13.2 Å². The van der Waals surface area contributed by atoms with Crippen molar-refractivity contribution in [2.24, 2.45) is 22.2 Å². The number of ether oxygens (including phenoxy) is 4. The van der Waals surface area contributed by atoms with Crippen molar-refractivity contribution >= 4 is 23.8 Å². The summed E-state index contributed by atoms with van der Waals surface area (Å²) in [4.78, 5) is 55.3. The smallest absolute Gasteiger partial charge is 0.407 e. The molecule has 4 aliphatic rings. The molecule has 15 nitrogen and oxygen atoms in total. The van der Waals surface area contributed by atoms with Gasteiger partial charge in [0.2, 0.25) is 0 Å². The average Bonchev–Trinajstić information content (AvgIpc) is 3.66. The van der Waals surface area contributed by atoms with E-state index < -0.39 is 101 Å². The van der Waals surface area contributed by atoms with Gasteiger partial charge in [-0.25, -0.2) is 14.4 Å². The molecule has 1 aromatic heterocycles. The number of aliphatic hydroxyl groups is 5. The van der Waals surface area contributed by atoms with Crippen LogP contribution in [0.15, 0.2) is 64.3 Å². The maximum Gasteiger partial charge on any atom is 0.407 e. The van der Waals surface area contributed by atoms with E-state index in [0.717, 1.165) is 0 Å². The number of amides is 1. The second kappa shape index (κ2) is 14.1. The van der Waals surface area contributed by atoms with Crippen LogP contribution in [0.4, 0.5) is 4.79 Å². The number of benzene rings is 1. The first-order chi connectivity index (χ1) is 25.6. The minimum Gasteiger partial charge on any atom is -0.467 e. The van der Waals surface area contributed by atoms with Crippen LogP contribution in [-0.4, -0.2) is 110 Å². The van der Waals surface area contributed by atoms with Crippen LogP contribution < -0.4 is 5.32 Å². The lowest BCUT2D eigenvalue weighted by Gasteiger charge is -2.66. The Balaban J connectivity index is 1.42. The van der Waals surface area contributed by atoms with Gasteiger partial charge in [-0.05, 0) is 54.7 Å². The Morgan fingerprint density at radius 1 is 1.02 bits per heavy atom. The highest BCUT2D eigenvalue weighted by molar-refractivity contribution is 5.94. The topological polar surface area (TPSA) is 232 Å². The van der Waals surface area contributed by atoms with E-state index in [9.17, 15) is 44.7 Å². The van der Waals surface area contributed by atoms with Gasteiger partial charge >= 0.3 is 18.0 Å². The van der Waals surface area contributed by atoms with Crippen molar-refractivity contribution in [3.63, 3.8) is 0 Å². The number of furan rings is 1. The van der Waals surface area contributed by atoms with Gasteiger partial charge in [0.1, 0.15) is 41.3 Å². The number of alkyl carbamates (subject to hydrolysis) is 1. The van der Waals surface area contributed by atoms with Crippen molar-refractivity contribution in [2.45, 2.75) is 115 Å². The number of rotatable bonds is 8. The Kier molecular flexibility index (Phi) is 10.4. The molecule has 0 spiro atoms. The number of carbonyl (C=O) groups is 4. The number of hydrogen-bond donors (Lipinski definition) is 6. The van der Waals surface area contributed by atoms with E-state index in [4.69, 9.17) is 23.4 Å². The SMILES string of the molecule is CC1=C2[C@@H](O)C(=O)[C@@]3(C)[C@H]([C@H](OC(=O)c4ccccc4)[C@](O)(C[C@@H]1OC(=O)[C@H](O)[C@@H](NC(=O)OCC(C)(C)C)c1ccco1)C2(C)C)[C@]1(O)CO[C@@H]1C[C@@H]3O. The molecule has 55 heavy (non-hydrogen) atoms. The molecular formula is C40H51NO14. The second-order valence-corrected chi connectivity index (χ2v) is 17.3. The van der Waals surface area contributed by atoms with E-state index in [1.54, 1.807) is 32.0 Å². The number of Topliss-reactive ketones (excluding diaryl/α,β-unsaturated/α-hetero) is 1. The second-order valence-electron chi connectivity index (χ2n) is 17.3. The first-order valence-electron chi connectivity index (χ1n) is 18.4. The van der Waals surface area contributed by atoms with Gasteiger partial charge in [0.15, 0.2) is 11.9 Å². The molecular weight excluding hydrogens is 718 g/mol. The fraction of sp³-hybridized carbons (Fsp3) is 0.600. The van der Waals surface area contributed by atoms with Gasteiger partial charge in [0.05, 0.1) is 42.7 Å². The van der Waals surface area contributed by atoms with Crippen LogP contribution in [-0.2, 0) is 28.5 Å². The molecule has 0 unspecified atom stereocenters. The van der Waals surface area contributed by atoms with Crippen molar-refractivity contribution in [1.29, 1.82) is 0 Å². The summed E-state index contributed by atoms with van der Waals surface area (Å²) < 4.78 is 28.4. The third-order valence-electron chi connectivity index (χ3n) is 12.2. The molecule has 11 atom stereocenters. The number of carbonyl (C=O) groups excluding carboxylic acids is 4. The van der Waals surface area contributed by atoms with Gasteiger partial charge in [0, 0.05) is 24.2 Å². The predicted molar refractivity (Wildman–Crippen MR) is 191 cm³/mol. The summed E-state index contributed by atoms with van der Waals surface area (Å²) in [5, 5.41) is 62.9. The molecule has 1 amide bonds. The highest BCUT2D eigenvalue weighted by Crippen LogP contribution is 2.63. The van der Waals surface area contributed by atoms with Crippen molar-refractivity contribution < 1.29 is 68.1 Å². The van der Waals surface area contributed by atoms with Gasteiger partial charge < -0.3 is 54.2 Å². The quantitative estimate of drug-likeness (QED) is 0.129. The van der Waals surface area contributed by atoms with E-state index in [1.165, 1.54) is 44.4 Å². The molecule has 1 saturated heterocycles. The maximum absolute atomic E-state index is 14.7. The molecule has 6 N–H and O–H groups in total. The summed E-state index contributed by atoms with van der Waals surface area (Å²) in [7, 11) is 0. The zero-order valence-corrected chi connectivity index (χ0v) is 32.0. The Morgan fingerprint density at radius 3 is 2.27 bits per heavy atom. The zero-order valence-electron chi connectivity index (χ0n) is 32.0. The molecule has 1 aromatic carbocycles. The fourth-order valence-electron chi connectivity index (χ4n) is 8.95. The van der Waals surface area contributed by atoms with Gasteiger partial charge in [-0.3, -0.25) is 4.79 Å². The van der Waals surface area contributed by atoms with Crippen LogP contribution in [0.3, 0.4) is 0 Å². The summed E-state index contributed by atoms with van der Waals surface area (Å²) in [6.07, 6.45) is -10.2. The minimum absolute atomic E-state index is 0.00429. The Morgan fingerprint density at radius 2 is 1.69 bits per heavy atom. The van der Waals surface area contributed by atoms with Crippen molar-refractivity contribution in [3.05, 3.63) is 71.2 Å². The lowest BCUT2D eigenvalue weighted by molar-refractivity contribution is -0.343. The first kappa shape index (κ1) is 40.5. The van der Waals surface area contributed by atoms with Gasteiger partial charge in [0.25, 0.3) is 0 Å². The van der Waals surface area contributed by atoms with E-state index in [2.05, 4.69) is 5.32 Å². The summed E-state index contributed by atoms with van der Waals surface area (Å²) in [5.41, 5.74) is -8.01. The summed E-state index contributed by atoms with van der Waals surface area (Å²) in [6, 6.07) is 9.29. The van der Waals surface area contributed by atoms with Crippen LogP contribution in [0.1, 0.15) is 83.5 Å². The standard InChI is InChI=1S/C40H51NO14/c1-20-23(54-34(47)29(44)27(22-14-11-15-51-22)41-35(48)53-18-36(2,3)4)17-40(50)32(55-33(46)21-12-9-8-10-13-21)30-38(7,24(42)16-25-39(30,49)19-52-25)31(45)28(43)26(20)37(40,5)6/h8-15,23-25,27-30,32,42-44,49-50H,16-19H2,1-7H3,(H,41,48)/t23-,24-,25+,27-,28+,29+,30-,32-,38+,39-,40+/m0/s1. The lowest BCUT2D eigenvalue weighted by atomic mass is 9.44. The highest BCUT2D eigenvalue weighted by Gasteiger charge is 2.76. The number of hydrogen-bond acceptors (Lipinski definition) is 14. The number of nitrogens with one attached hydrogen (secondary N) is 1. The van der Waals surface area contributed by atoms with Crippen LogP contribution in [0.25, 0.3) is 0 Å². The molecule has 2 aromatic rings. The van der Waals surface area contributed by atoms with Gasteiger partial charge in [-0.15, -0.1) is 0 Å². The van der Waals surface area contributed by atoms with Crippen molar-refractivity contribution in [1.82, 2.24) is 5.32 Å². The average molecular weight is 770 g/mol. The molecule has 300 valence electrons. The predicted octanol–water partition coefficient (Wildman–Crippen LogP) is 2.53. The molecule has 3 fully saturated rings. The highest BCUT2D eigenvalue weighted by atomic mass is 16.6. The van der Waals surface area contributed by atoms with Gasteiger partial charge in [-0.2, -0.15) is 0 Å². The fourth-order valence-corrected chi connectivity index (χ4v) is 8.95. The lowest BCUT2D eigenvalue weighted by Crippen LogP contribution is -2.81. The third kappa shape index (κ3) is 6.68. The molecule has 2 heterocycles. The molecule has 3 aliphatic carbocycles. The Bertz CT molecular complexity index is 1830. The summed E-state index contributed by atoms with van der Waals surface area (Å²) in [5.74, 6) is -4.63. The number of fused-ring (bicyclic) bond motifs is 5. The molecule has 2 bridgehead atoms. The number of aliphatic hydroxyl groups excluding tert-OH is 3. The molecule has 0 radical (unpaired) electrons. The maximum atomic E-state index is 14.7. The molecule has 15 heteroatoms.